The Kier molecular flexibility index (Phi) is 2.16. The van der Waals surface area contributed by atoms with Crippen molar-refractivity contribution in [1.29, 1.82) is 0 Å². The van der Waals surface area contributed by atoms with E-state index in [1.54, 1.807) is 0 Å². The molecule has 3 aromatic rings. The average Bonchev–Trinajstić information content (AvgIpc) is 2.96. The van der Waals surface area contributed by atoms with Crippen LogP contribution in [0, 0.1) is 0 Å². The van der Waals surface area contributed by atoms with Gasteiger partial charge in [-0.1, -0.05) is 5.16 Å². The highest BCUT2D eigenvalue weighted by Gasteiger charge is 2.08. The molecule has 6 heteroatoms. The molecule has 0 radical (unpaired) electrons. The summed E-state index contributed by atoms with van der Waals surface area (Å²) in [6.07, 6.45) is 1.83. The van der Waals surface area contributed by atoms with Crippen molar-refractivity contribution >= 4 is 21.6 Å². The van der Waals surface area contributed by atoms with E-state index in [9.17, 15) is 0 Å². The average molecular weight is 232 g/mol. The van der Waals surface area contributed by atoms with Crippen LogP contribution in [0.4, 0.5) is 0 Å². The fraction of sp³-hybridized carbons (Fsp3) is 0.100. The Bertz CT molecular complexity index is 630. The van der Waals surface area contributed by atoms with Gasteiger partial charge < -0.3 is 10.3 Å². The standard InChI is InChI=1S/C10H8N4OS/c11-4-9-13-10(14-15-9)6-1-2-8-7(3-6)5-12-16-8/h1-3,5H,4,11H2. The number of nitrogens with two attached hydrogens (primary N) is 1. The summed E-state index contributed by atoms with van der Waals surface area (Å²) >= 11 is 1.47. The van der Waals surface area contributed by atoms with Gasteiger partial charge in [-0.15, -0.1) is 0 Å². The molecule has 0 atom stereocenters. The predicted molar refractivity (Wildman–Crippen MR) is 60.8 cm³/mol. The first-order valence-corrected chi connectivity index (χ1v) is 5.51. The SMILES string of the molecule is NCc1nc(-c2ccc3sncc3c2)no1. The largest absolute Gasteiger partial charge is 0.338 e. The number of nitrogens with zero attached hydrogens (tertiary/aromatic N) is 3. The van der Waals surface area contributed by atoms with Crippen LogP contribution in [0.5, 0.6) is 0 Å². The first-order chi connectivity index (χ1) is 7.86. The van der Waals surface area contributed by atoms with Crippen LogP contribution in [0.25, 0.3) is 21.5 Å². The van der Waals surface area contributed by atoms with Crippen LogP contribution in [0.1, 0.15) is 5.89 Å². The Morgan fingerprint density at radius 3 is 3.12 bits per heavy atom. The first kappa shape index (κ1) is 9.44. The minimum absolute atomic E-state index is 0.259. The third kappa shape index (κ3) is 1.48. The monoisotopic (exact) mass is 232 g/mol. The molecule has 2 heterocycles. The van der Waals surface area contributed by atoms with E-state index in [-0.39, 0.29) is 6.54 Å². The zero-order valence-corrected chi connectivity index (χ0v) is 9.07. The normalized spacial score (nSPS) is 11.1. The maximum Gasteiger partial charge on any atom is 0.240 e. The lowest BCUT2D eigenvalue weighted by Gasteiger charge is -1.93. The summed E-state index contributed by atoms with van der Waals surface area (Å²) in [5.74, 6) is 1.01. The Morgan fingerprint density at radius 1 is 1.38 bits per heavy atom. The van der Waals surface area contributed by atoms with Gasteiger partial charge in [0.25, 0.3) is 0 Å². The molecule has 2 aromatic heterocycles. The van der Waals surface area contributed by atoms with Crippen LogP contribution in [-0.4, -0.2) is 14.5 Å². The van der Waals surface area contributed by atoms with Crippen LogP contribution in [0.2, 0.25) is 0 Å². The smallest absolute Gasteiger partial charge is 0.240 e. The van der Waals surface area contributed by atoms with Crippen LogP contribution < -0.4 is 5.73 Å². The molecule has 2 N–H and O–H groups in total. The zero-order valence-electron chi connectivity index (χ0n) is 8.25. The summed E-state index contributed by atoms with van der Waals surface area (Å²) in [4.78, 5) is 4.17. The van der Waals surface area contributed by atoms with E-state index >= 15 is 0 Å². The van der Waals surface area contributed by atoms with Gasteiger partial charge in [0.05, 0.1) is 11.2 Å². The molecule has 5 nitrogen and oxygen atoms in total. The summed E-state index contributed by atoms with van der Waals surface area (Å²) in [7, 11) is 0. The van der Waals surface area contributed by atoms with Crippen LogP contribution in [0.15, 0.2) is 28.9 Å². The summed E-state index contributed by atoms with van der Waals surface area (Å²) < 4.78 is 10.2. The van der Waals surface area contributed by atoms with Crippen molar-refractivity contribution in [3.05, 3.63) is 30.3 Å². The van der Waals surface area contributed by atoms with E-state index in [0.29, 0.717) is 11.7 Å². The lowest BCUT2D eigenvalue weighted by atomic mass is 10.2. The van der Waals surface area contributed by atoms with E-state index in [2.05, 4.69) is 14.5 Å². The highest BCUT2D eigenvalue weighted by atomic mass is 32.1. The third-order valence-electron chi connectivity index (χ3n) is 2.25. The molecule has 0 saturated carbocycles. The Morgan fingerprint density at radius 2 is 2.31 bits per heavy atom. The molecule has 0 unspecified atom stereocenters. The first-order valence-electron chi connectivity index (χ1n) is 4.74. The Hall–Kier alpha value is -1.79. The zero-order chi connectivity index (χ0) is 11.0. The molecule has 0 fully saturated rings. The van der Waals surface area contributed by atoms with E-state index < -0.39 is 0 Å². The quantitative estimate of drug-likeness (QED) is 0.729. The maximum atomic E-state index is 5.41. The van der Waals surface area contributed by atoms with Crippen molar-refractivity contribution in [3.8, 4) is 11.4 Å². The number of aromatic nitrogens is 3. The second kappa shape index (κ2) is 3.66. The summed E-state index contributed by atoms with van der Waals surface area (Å²) in [6.45, 7) is 0.259. The van der Waals surface area contributed by atoms with Crippen molar-refractivity contribution in [2.24, 2.45) is 5.73 Å². The highest BCUT2D eigenvalue weighted by molar-refractivity contribution is 7.13. The molecule has 0 spiro atoms. The predicted octanol–water partition coefficient (Wildman–Crippen LogP) is 1.80. The van der Waals surface area contributed by atoms with Crippen LogP contribution in [0.3, 0.4) is 0 Å². The van der Waals surface area contributed by atoms with Crippen molar-refractivity contribution in [3.63, 3.8) is 0 Å². The minimum Gasteiger partial charge on any atom is -0.338 e. The molecule has 0 aliphatic rings. The van der Waals surface area contributed by atoms with Gasteiger partial charge in [0.2, 0.25) is 11.7 Å². The topological polar surface area (TPSA) is 77.8 Å². The number of fused-ring (bicyclic) bond motifs is 1. The fourth-order valence-corrected chi connectivity index (χ4v) is 2.09. The van der Waals surface area contributed by atoms with Gasteiger partial charge in [0, 0.05) is 17.1 Å². The molecule has 1 aromatic carbocycles. The van der Waals surface area contributed by atoms with Crippen molar-refractivity contribution in [1.82, 2.24) is 14.5 Å². The molecular formula is C10H8N4OS. The summed E-state index contributed by atoms with van der Waals surface area (Å²) in [5, 5.41) is 4.95. The molecule has 0 bridgehead atoms. The van der Waals surface area contributed by atoms with E-state index in [4.69, 9.17) is 10.3 Å². The van der Waals surface area contributed by atoms with E-state index in [1.807, 2.05) is 24.4 Å². The Balaban J connectivity index is 2.10. The third-order valence-corrected chi connectivity index (χ3v) is 3.03. The number of hydrogen-bond acceptors (Lipinski definition) is 6. The lowest BCUT2D eigenvalue weighted by Crippen LogP contribution is -1.95. The van der Waals surface area contributed by atoms with E-state index in [0.717, 1.165) is 15.6 Å². The number of hydrogen-bond donors (Lipinski definition) is 1. The van der Waals surface area contributed by atoms with Gasteiger partial charge in [-0.2, -0.15) is 9.36 Å². The van der Waals surface area contributed by atoms with Gasteiger partial charge in [-0.25, -0.2) is 0 Å². The van der Waals surface area contributed by atoms with Gasteiger partial charge >= 0.3 is 0 Å². The highest BCUT2D eigenvalue weighted by Crippen LogP contribution is 2.24. The molecule has 16 heavy (non-hydrogen) atoms. The van der Waals surface area contributed by atoms with E-state index in [1.165, 1.54) is 11.5 Å². The molecule has 0 saturated heterocycles. The van der Waals surface area contributed by atoms with Gasteiger partial charge in [-0.05, 0) is 29.7 Å². The fourth-order valence-electron chi connectivity index (χ4n) is 1.47. The number of benzene rings is 1. The second-order valence-corrected chi connectivity index (χ2v) is 4.13. The van der Waals surface area contributed by atoms with Crippen molar-refractivity contribution in [2.45, 2.75) is 6.54 Å². The molecule has 80 valence electrons. The Labute approximate surface area is 95.1 Å². The summed E-state index contributed by atoms with van der Waals surface area (Å²) in [5.41, 5.74) is 6.32. The molecule has 3 rings (SSSR count). The van der Waals surface area contributed by atoms with Crippen LogP contribution >= 0.6 is 11.5 Å². The maximum absolute atomic E-state index is 5.41. The van der Waals surface area contributed by atoms with Crippen LogP contribution in [-0.2, 0) is 6.54 Å². The van der Waals surface area contributed by atoms with Gasteiger partial charge in [-0.3, -0.25) is 0 Å². The van der Waals surface area contributed by atoms with Gasteiger partial charge in [0.15, 0.2) is 0 Å². The second-order valence-electron chi connectivity index (χ2n) is 3.29. The molecule has 0 amide bonds. The minimum atomic E-state index is 0.259. The number of rotatable bonds is 2. The summed E-state index contributed by atoms with van der Waals surface area (Å²) in [6, 6.07) is 5.94. The lowest BCUT2D eigenvalue weighted by molar-refractivity contribution is 0.380. The molecular weight excluding hydrogens is 224 g/mol. The molecule has 0 aliphatic heterocycles. The van der Waals surface area contributed by atoms with Gasteiger partial charge in [0.1, 0.15) is 0 Å². The van der Waals surface area contributed by atoms with Crippen molar-refractivity contribution < 1.29 is 4.52 Å². The molecule has 0 aliphatic carbocycles. The van der Waals surface area contributed by atoms with Crippen molar-refractivity contribution in [2.75, 3.05) is 0 Å².